The molecule has 7 nitrogen and oxygen atoms in total. The molecule has 0 saturated carbocycles. The van der Waals surface area contributed by atoms with E-state index in [0.717, 1.165) is 5.03 Å². The Morgan fingerprint density at radius 2 is 1.77 bits per heavy atom. The van der Waals surface area contributed by atoms with Crippen molar-refractivity contribution in [2.75, 3.05) is 23.0 Å². The summed E-state index contributed by atoms with van der Waals surface area (Å²) in [5.74, 6) is -2.15. The predicted molar refractivity (Wildman–Crippen MR) is 106 cm³/mol. The molecular weight excluding hydrogens is 418 g/mol. The summed E-state index contributed by atoms with van der Waals surface area (Å²) in [6.07, 6.45) is 1.70. The fourth-order valence-electron chi connectivity index (χ4n) is 1.87. The summed E-state index contributed by atoms with van der Waals surface area (Å²) in [7, 11) is -3.82. The van der Waals surface area contributed by atoms with Gasteiger partial charge in [0.15, 0.2) is 9.84 Å². The quantitative estimate of drug-likeness (QED) is 0.460. The predicted octanol–water partition coefficient (Wildman–Crippen LogP) is 2.29. The Morgan fingerprint density at radius 3 is 2.35 bits per heavy atom. The summed E-state index contributed by atoms with van der Waals surface area (Å²) in [5.41, 5.74) is 0. The summed E-state index contributed by atoms with van der Waals surface area (Å²) in [5, 5.41) is 9.47. The van der Waals surface area contributed by atoms with E-state index in [1.54, 1.807) is 17.0 Å². The Morgan fingerprint density at radius 1 is 1.12 bits per heavy atom. The SMILES string of the molecule is CC(CCS(=O)(=O)CCCS(=O)(=O)CCC(=O)O)SSc1ccccn1. The van der Waals surface area contributed by atoms with Crippen molar-refractivity contribution in [1.82, 2.24) is 4.98 Å². The third kappa shape index (κ3) is 11.0. The largest absolute Gasteiger partial charge is 0.481 e. The van der Waals surface area contributed by atoms with E-state index in [0.29, 0.717) is 6.42 Å². The maximum Gasteiger partial charge on any atom is 0.304 e. The van der Waals surface area contributed by atoms with Gasteiger partial charge in [0, 0.05) is 11.4 Å². The molecule has 0 aliphatic rings. The van der Waals surface area contributed by atoms with Crippen molar-refractivity contribution in [1.29, 1.82) is 0 Å². The van der Waals surface area contributed by atoms with Crippen molar-refractivity contribution in [2.45, 2.75) is 36.5 Å². The van der Waals surface area contributed by atoms with Crippen molar-refractivity contribution >= 4 is 47.2 Å². The number of carboxylic acid groups (broad SMARTS) is 1. The van der Waals surface area contributed by atoms with Crippen molar-refractivity contribution in [2.24, 2.45) is 0 Å². The molecule has 0 amide bonds. The highest BCUT2D eigenvalue weighted by molar-refractivity contribution is 8.76. The third-order valence-corrected chi connectivity index (χ3v) is 9.67. The molecular formula is C15H23NO6S4. The Balaban J connectivity index is 2.29. The normalized spacial score (nSPS) is 13.4. The molecule has 0 bridgehead atoms. The van der Waals surface area contributed by atoms with Crippen LogP contribution in [0.3, 0.4) is 0 Å². The van der Waals surface area contributed by atoms with Crippen LogP contribution in [0.4, 0.5) is 0 Å². The molecule has 148 valence electrons. The summed E-state index contributed by atoms with van der Waals surface area (Å²) >= 11 is 0. The van der Waals surface area contributed by atoms with Gasteiger partial charge >= 0.3 is 5.97 Å². The Kier molecular flexibility index (Phi) is 9.98. The summed E-state index contributed by atoms with van der Waals surface area (Å²) in [6.45, 7) is 1.94. The number of hydrogen-bond acceptors (Lipinski definition) is 8. The zero-order chi connectivity index (χ0) is 19.6. The highest BCUT2D eigenvalue weighted by atomic mass is 33.1. The van der Waals surface area contributed by atoms with Crippen LogP contribution in [0.5, 0.6) is 0 Å². The van der Waals surface area contributed by atoms with Gasteiger partial charge in [-0.15, -0.1) is 0 Å². The van der Waals surface area contributed by atoms with E-state index in [9.17, 15) is 21.6 Å². The molecule has 1 unspecified atom stereocenters. The van der Waals surface area contributed by atoms with E-state index in [2.05, 4.69) is 4.98 Å². The minimum absolute atomic E-state index is 0.000875. The van der Waals surface area contributed by atoms with Gasteiger partial charge in [-0.3, -0.25) is 4.79 Å². The number of carbonyl (C=O) groups is 1. The number of nitrogens with zero attached hydrogens (tertiary/aromatic N) is 1. The second kappa shape index (κ2) is 11.2. The zero-order valence-electron chi connectivity index (χ0n) is 14.4. The first-order valence-corrected chi connectivity index (χ1v) is 13.8. The highest BCUT2D eigenvalue weighted by Crippen LogP contribution is 2.34. The molecule has 11 heteroatoms. The van der Waals surface area contributed by atoms with Gasteiger partial charge in [-0.25, -0.2) is 21.8 Å². The second-order valence-electron chi connectivity index (χ2n) is 5.75. The number of carboxylic acids is 1. The van der Waals surface area contributed by atoms with Crippen LogP contribution in [0.15, 0.2) is 29.4 Å². The van der Waals surface area contributed by atoms with E-state index in [4.69, 9.17) is 5.11 Å². The van der Waals surface area contributed by atoms with Gasteiger partial charge in [0.05, 0.1) is 29.4 Å². The van der Waals surface area contributed by atoms with Gasteiger partial charge < -0.3 is 5.11 Å². The van der Waals surface area contributed by atoms with Gasteiger partial charge in [0.2, 0.25) is 0 Å². The molecule has 26 heavy (non-hydrogen) atoms. The lowest BCUT2D eigenvalue weighted by atomic mass is 10.4. The van der Waals surface area contributed by atoms with Crippen LogP contribution in [0.25, 0.3) is 0 Å². The van der Waals surface area contributed by atoms with Crippen molar-refractivity contribution in [3.05, 3.63) is 24.4 Å². The minimum Gasteiger partial charge on any atom is -0.481 e. The smallest absolute Gasteiger partial charge is 0.304 e. The molecule has 0 fully saturated rings. The van der Waals surface area contributed by atoms with Crippen LogP contribution < -0.4 is 0 Å². The van der Waals surface area contributed by atoms with Crippen LogP contribution in [-0.2, 0) is 24.5 Å². The van der Waals surface area contributed by atoms with Crippen molar-refractivity contribution in [3.8, 4) is 0 Å². The van der Waals surface area contributed by atoms with Gasteiger partial charge in [-0.05, 0) is 35.8 Å². The molecule has 0 saturated heterocycles. The van der Waals surface area contributed by atoms with E-state index < -0.39 is 37.8 Å². The topological polar surface area (TPSA) is 118 Å². The lowest BCUT2D eigenvalue weighted by molar-refractivity contribution is -0.136. The second-order valence-corrected chi connectivity index (χ2v) is 13.0. The molecule has 1 atom stereocenters. The van der Waals surface area contributed by atoms with Crippen LogP contribution in [-0.4, -0.2) is 61.2 Å². The lowest BCUT2D eigenvalue weighted by Gasteiger charge is -2.10. The molecule has 1 heterocycles. The molecule has 1 N–H and O–H groups in total. The van der Waals surface area contributed by atoms with Crippen molar-refractivity contribution in [3.63, 3.8) is 0 Å². The molecule has 1 aromatic rings. The number of aromatic nitrogens is 1. The Hall–Kier alpha value is -0.780. The van der Waals surface area contributed by atoms with Crippen LogP contribution in [0, 0.1) is 0 Å². The molecule has 0 radical (unpaired) electrons. The number of rotatable bonds is 13. The average Bonchev–Trinajstić information content (AvgIpc) is 2.57. The molecule has 1 rings (SSSR count). The van der Waals surface area contributed by atoms with E-state index in [1.165, 1.54) is 10.8 Å². The van der Waals surface area contributed by atoms with E-state index in [1.807, 2.05) is 25.1 Å². The molecule has 0 spiro atoms. The first-order valence-electron chi connectivity index (χ1n) is 7.97. The summed E-state index contributed by atoms with van der Waals surface area (Å²) in [6, 6.07) is 5.59. The number of aliphatic carboxylic acids is 1. The van der Waals surface area contributed by atoms with Gasteiger partial charge in [0.1, 0.15) is 14.9 Å². The zero-order valence-corrected chi connectivity index (χ0v) is 17.7. The van der Waals surface area contributed by atoms with E-state index >= 15 is 0 Å². The first kappa shape index (κ1) is 23.3. The monoisotopic (exact) mass is 441 g/mol. The first-order chi connectivity index (χ1) is 12.1. The van der Waals surface area contributed by atoms with Crippen LogP contribution >= 0.6 is 21.6 Å². The number of hydrogen-bond donors (Lipinski definition) is 1. The molecule has 1 aromatic heterocycles. The van der Waals surface area contributed by atoms with Crippen molar-refractivity contribution < 1.29 is 26.7 Å². The maximum absolute atomic E-state index is 12.0. The lowest BCUT2D eigenvalue weighted by Crippen LogP contribution is -2.19. The molecule has 0 aliphatic carbocycles. The number of sulfone groups is 2. The molecule has 0 aromatic carbocycles. The van der Waals surface area contributed by atoms with Gasteiger partial charge in [0.25, 0.3) is 0 Å². The van der Waals surface area contributed by atoms with E-state index in [-0.39, 0.29) is 28.9 Å². The summed E-state index contributed by atoms with van der Waals surface area (Å²) in [4.78, 5) is 14.6. The third-order valence-electron chi connectivity index (χ3n) is 3.31. The highest BCUT2D eigenvalue weighted by Gasteiger charge is 2.18. The summed E-state index contributed by atoms with van der Waals surface area (Å²) < 4.78 is 47.4. The average molecular weight is 442 g/mol. The van der Waals surface area contributed by atoms with Gasteiger partial charge in [-0.1, -0.05) is 23.8 Å². The fourth-order valence-corrected chi connectivity index (χ4v) is 7.06. The Bertz CT molecular complexity index is 765. The standard InChI is InChI=1S/C15H23NO6S4/c1-13(23-24-14-5-2-3-8-16-14)6-11-25(19,20)9-4-10-26(21,22)12-7-15(17)18/h2-3,5,8,13H,4,6-7,9-12H2,1H3,(H,17,18). The molecule has 0 aliphatic heterocycles. The van der Waals surface area contributed by atoms with Crippen LogP contribution in [0.1, 0.15) is 26.2 Å². The number of pyridine rings is 1. The minimum atomic E-state index is -3.53. The maximum atomic E-state index is 12.0. The fraction of sp³-hybridized carbons (Fsp3) is 0.600. The Labute approximate surface area is 162 Å². The van der Waals surface area contributed by atoms with Crippen LogP contribution in [0.2, 0.25) is 0 Å². The van der Waals surface area contributed by atoms with Gasteiger partial charge in [-0.2, -0.15) is 0 Å².